The Hall–Kier alpha value is -0.650. The molecule has 0 saturated carbocycles. The van der Waals surface area contributed by atoms with Gasteiger partial charge in [0.15, 0.2) is 5.13 Å². The highest BCUT2D eigenvalue weighted by Gasteiger charge is 2.23. The first kappa shape index (κ1) is 14.8. The summed E-state index contributed by atoms with van der Waals surface area (Å²) in [7, 11) is 4.37. The molecule has 0 spiro atoms. The van der Waals surface area contributed by atoms with Crippen LogP contribution in [0.4, 0.5) is 5.13 Å². The van der Waals surface area contributed by atoms with Gasteiger partial charge in [-0.25, -0.2) is 4.98 Å². The van der Waals surface area contributed by atoms with E-state index in [1.54, 1.807) is 0 Å². The first-order valence-corrected chi connectivity index (χ1v) is 8.01. The number of nitrogens with one attached hydrogen (secondary N) is 1. The number of anilines is 1. The molecule has 0 amide bonds. The largest absolute Gasteiger partial charge is 0.348 e. The van der Waals surface area contributed by atoms with Crippen LogP contribution in [0.3, 0.4) is 0 Å². The van der Waals surface area contributed by atoms with Crippen LogP contribution in [0.25, 0.3) is 0 Å². The maximum Gasteiger partial charge on any atom is 0.185 e. The van der Waals surface area contributed by atoms with Crippen molar-refractivity contribution in [2.75, 3.05) is 38.6 Å². The summed E-state index contributed by atoms with van der Waals surface area (Å²) >= 11 is 1.85. The average molecular weight is 282 g/mol. The van der Waals surface area contributed by atoms with Crippen molar-refractivity contribution < 1.29 is 0 Å². The zero-order chi connectivity index (χ0) is 13.8. The molecule has 1 fully saturated rings. The lowest BCUT2D eigenvalue weighted by Gasteiger charge is -2.35. The predicted octanol–water partition coefficient (Wildman–Crippen LogP) is 2.09. The number of hydrogen-bond acceptors (Lipinski definition) is 5. The van der Waals surface area contributed by atoms with Crippen LogP contribution in [0.5, 0.6) is 0 Å². The van der Waals surface area contributed by atoms with Crippen molar-refractivity contribution in [3.63, 3.8) is 0 Å². The van der Waals surface area contributed by atoms with Crippen LogP contribution in [0.15, 0.2) is 0 Å². The van der Waals surface area contributed by atoms with Gasteiger partial charge in [0.2, 0.25) is 0 Å². The Morgan fingerprint density at radius 2 is 2.05 bits per heavy atom. The Bertz CT molecular complexity index is 394. The molecule has 2 rings (SSSR count). The first-order chi connectivity index (χ1) is 9.11. The summed E-state index contributed by atoms with van der Waals surface area (Å²) in [6.45, 7) is 8.50. The molecule has 2 heterocycles. The normalized spacial score (nSPS) is 17.4. The fraction of sp³-hybridized carbons (Fsp3) is 0.786. The van der Waals surface area contributed by atoms with E-state index < -0.39 is 0 Å². The number of nitrogens with zero attached hydrogens (tertiary/aromatic N) is 3. The second-order valence-electron chi connectivity index (χ2n) is 5.47. The molecule has 0 bridgehead atoms. The van der Waals surface area contributed by atoms with E-state index in [0.29, 0.717) is 0 Å². The number of piperidine rings is 1. The van der Waals surface area contributed by atoms with Crippen LogP contribution in [-0.2, 0) is 6.54 Å². The number of aryl methyl sites for hydroxylation is 1. The average Bonchev–Trinajstić information content (AvgIpc) is 2.78. The molecule has 19 heavy (non-hydrogen) atoms. The summed E-state index contributed by atoms with van der Waals surface area (Å²) in [6, 6.07) is 0.735. The van der Waals surface area contributed by atoms with E-state index in [9.17, 15) is 0 Å². The minimum absolute atomic E-state index is 0.735. The summed E-state index contributed by atoms with van der Waals surface area (Å²) < 4.78 is 0. The van der Waals surface area contributed by atoms with Gasteiger partial charge in [-0.2, -0.15) is 0 Å². The van der Waals surface area contributed by atoms with Crippen molar-refractivity contribution in [1.29, 1.82) is 0 Å². The smallest absolute Gasteiger partial charge is 0.185 e. The molecule has 5 heteroatoms. The molecule has 1 N–H and O–H groups in total. The van der Waals surface area contributed by atoms with Crippen LogP contribution in [0.2, 0.25) is 0 Å². The first-order valence-electron chi connectivity index (χ1n) is 7.20. The second-order valence-corrected chi connectivity index (χ2v) is 6.53. The zero-order valence-corrected chi connectivity index (χ0v) is 13.4. The maximum absolute atomic E-state index is 4.75. The molecule has 4 nitrogen and oxygen atoms in total. The van der Waals surface area contributed by atoms with Gasteiger partial charge >= 0.3 is 0 Å². The van der Waals surface area contributed by atoms with Crippen molar-refractivity contribution >= 4 is 16.5 Å². The summed E-state index contributed by atoms with van der Waals surface area (Å²) in [5, 5.41) is 4.60. The maximum atomic E-state index is 4.75. The fourth-order valence-corrected chi connectivity index (χ4v) is 3.61. The van der Waals surface area contributed by atoms with Gasteiger partial charge in [-0.1, -0.05) is 6.92 Å². The fourth-order valence-electron chi connectivity index (χ4n) is 2.52. The Morgan fingerprint density at radius 3 is 2.63 bits per heavy atom. The molecule has 1 aromatic rings. The van der Waals surface area contributed by atoms with Crippen LogP contribution < -0.4 is 10.2 Å². The molecular formula is C14H26N4S. The van der Waals surface area contributed by atoms with Crippen molar-refractivity contribution in [2.24, 2.45) is 0 Å². The monoisotopic (exact) mass is 282 g/mol. The number of thiazole rings is 1. The van der Waals surface area contributed by atoms with E-state index >= 15 is 0 Å². The third-order valence-corrected chi connectivity index (χ3v) is 5.10. The molecule has 0 atom stereocenters. The highest BCUT2D eigenvalue weighted by molar-refractivity contribution is 7.15. The molecule has 0 aromatic carbocycles. The molecule has 1 aliphatic rings. The summed E-state index contributed by atoms with van der Waals surface area (Å²) in [5.41, 5.74) is 1.19. The van der Waals surface area contributed by atoms with Crippen molar-refractivity contribution in [2.45, 2.75) is 39.3 Å². The van der Waals surface area contributed by atoms with E-state index in [2.05, 4.69) is 43.1 Å². The number of aromatic nitrogens is 1. The summed E-state index contributed by atoms with van der Waals surface area (Å²) in [4.78, 5) is 10.9. The SMILES string of the molecule is CCNCc1sc(N2CCC(N(C)C)CC2)nc1C. The zero-order valence-electron chi connectivity index (χ0n) is 12.6. The van der Waals surface area contributed by atoms with E-state index in [1.165, 1.54) is 28.5 Å². The molecule has 0 radical (unpaired) electrons. The standard InChI is InChI=1S/C14H26N4S/c1-5-15-10-13-11(2)16-14(19-13)18-8-6-12(7-9-18)17(3)4/h12,15H,5-10H2,1-4H3. The van der Waals surface area contributed by atoms with Crippen molar-refractivity contribution in [3.8, 4) is 0 Å². The van der Waals surface area contributed by atoms with Gasteiger partial charge in [0, 0.05) is 30.6 Å². The Labute approximate surface area is 120 Å². The number of hydrogen-bond donors (Lipinski definition) is 1. The Balaban J connectivity index is 1.96. The third kappa shape index (κ3) is 3.68. The van der Waals surface area contributed by atoms with Crippen LogP contribution in [0.1, 0.15) is 30.3 Å². The van der Waals surface area contributed by atoms with Crippen LogP contribution >= 0.6 is 11.3 Å². The molecule has 0 unspecified atom stereocenters. The number of rotatable bonds is 5. The quantitative estimate of drug-likeness (QED) is 0.896. The molecular weight excluding hydrogens is 256 g/mol. The second kappa shape index (κ2) is 6.68. The Kier molecular flexibility index (Phi) is 5.19. The van der Waals surface area contributed by atoms with Gasteiger partial charge in [-0.15, -0.1) is 11.3 Å². The highest BCUT2D eigenvalue weighted by atomic mass is 32.1. The lowest BCUT2D eigenvalue weighted by molar-refractivity contribution is 0.249. The topological polar surface area (TPSA) is 31.4 Å². The highest BCUT2D eigenvalue weighted by Crippen LogP contribution is 2.28. The van der Waals surface area contributed by atoms with Gasteiger partial charge in [0.25, 0.3) is 0 Å². The molecule has 1 saturated heterocycles. The van der Waals surface area contributed by atoms with Gasteiger partial charge in [0.1, 0.15) is 0 Å². The van der Waals surface area contributed by atoms with E-state index in [1.807, 2.05) is 11.3 Å². The molecule has 0 aliphatic carbocycles. The van der Waals surface area contributed by atoms with Crippen molar-refractivity contribution in [1.82, 2.24) is 15.2 Å². The van der Waals surface area contributed by atoms with E-state index in [4.69, 9.17) is 4.98 Å². The molecule has 1 aromatic heterocycles. The van der Waals surface area contributed by atoms with Crippen LogP contribution in [0, 0.1) is 6.92 Å². The summed E-state index contributed by atoms with van der Waals surface area (Å²) in [6.07, 6.45) is 2.49. The summed E-state index contributed by atoms with van der Waals surface area (Å²) in [5.74, 6) is 0. The van der Waals surface area contributed by atoms with Gasteiger partial charge < -0.3 is 15.1 Å². The predicted molar refractivity (Wildman–Crippen MR) is 83.2 cm³/mol. The minimum Gasteiger partial charge on any atom is -0.348 e. The Morgan fingerprint density at radius 1 is 1.37 bits per heavy atom. The van der Waals surface area contributed by atoms with Gasteiger partial charge in [-0.05, 0) is 40.4 Å². The lowest BCUT2D eigenvalue weighted by Crippen LogP contribution is -2.41. The third-order valence-electron chi connectivity index (χ3n) is 3.88. The van der Waals surface area contributed by atoms with Crippen molar-refractivity contribution in [3.05, 3.63) is 10.6 Å². The van der Waals surface area contributed by atoms with Gasteiger partial charge in [-0.3, -0.25) is 0 Å². The van der Waals surface area contributed by atoms with Gasteiger partial charge in [0.05, 0.1) is 5.69 Å². The van der Waals surface area contributed by atoms with E-state index in [0.717, 1.165) is 32.2 Å². The molecule has 1 aliphatic heterocycles. The minimum atomic E-state index is 0.735. The molecule has 108 valence electrons. The van der Waals surface area contributed by atoms with Crippen LogP contribution in [-0.4, -0.2) is 49.7 Å². The van der Waals surface area contributed by atoms with E-state index in [-0.39, 0.29) is 0 Å². The lowest BCUT2D eigenvalue weighted by atomic mass is 10.0.